The molecule has 0 atom stereocenters. The molecule has 0 aromatic carbocycles. The van der Waals surface area contributed by atoms with Crippen LogP contribution in [0.2, 0.25) is 0 Å². The van der Waals surface area contributed by atoms with Gasteiger partial charge in [-0.2, -0.15) is 0 Å². The molecule has 0 aromatic heterocycles. The van der Waals surface area contributed by atoms with Crippen LogP contribution in [0.4, 0.5) is 0 Å². The molecule has 2 heteroatoms. The Hall–Kier alpha value is -0.0800. The Balaban J connectivity index is 3.34. The van der Waals surface area contributed by atoms with Crippen molar-refractivity contribution in [3.63, 3.8) is 0 Å². The minimum absolute atomic E-state index is 0.0212. The maximum absolute atomic E-state index is 5.59. The minimum atomic E-state index is -0.0212. The molecule has 0 saturated carbocycles. The fourth-order valence-electron chi connectivity index (χ4n) is 1.47. The van der Waals surface area contributed by atoms with Gasteiger partial charge in [0, 0.05) is 13.2 Å². The molecule has 0 heterocycles. The lowest BCUT2D eigenvalue weighted by Gasteiger charge is -2.25. The normalized spacial score (nSPS) is 12.4. The van der Waals surface area contributed by atoms with Gasteiger partial charge >= 0.3 is 0 Å². The summed E-state index contributed by atoms with van der Waals surface area (Å²) in [7, 11) is 0. The third kappa shape index (κ3) is 8.52. The number of nitrogens with one attached hydrogen (secondary N) is 1. The molecule has 0 unspecified atom stereocenters. The Morgan fingerprint density at radius 1 is 1.29 bits per heavy atom. The summed E-state index contributed by atoms with van der Waals surface area (Å²) >= 11 is 0. The van der Waals surface area contributed by atoms with Gasteiger partial charge in [0.25, 0.3) is 0 Å². The maximum atomic E-state index is 5.59. The van der Waals surface area contributed by atoms with Crippen LogP contribution in [0.15, 0.2) is 0 Å². The smallest absolute Gasteiger partial charge is 0.0750 e. The van der Waals surface area contributed by atoms with Gasteiger partial charge in [-0.1, -0.05) is 13.8 Å². The van der Waals surface area contributed by atoms with Crippen LogP contribution < -0.4 is 5.32 Å². The van der Waals surface area contributed by atoms with E-state index in [1.54, 1.807) is 0 Å². The maximum Gasteiger partial charge on any atom is 0.0750 e. The second kappa shape index (κ2) is 7.24. The van der Waals surface area contributed by atoms with Crippen LogP contribution in [0.25, 0.3) is 0 Å². The lowest BCUT2D eigenvalue weighted by Crippen LogP contribution is -2.38. The second-order valence-corrected chi connectivity index (χ2v) is 4.91. The van der Waals surface area contributed by atoms with E-state index >= 15 is 0 Å². The van der Waals surface area contributed by atoms with Crippen molar-refractivity contribution < 1.29 is 4.74 Å². The summed E-state index contributed by atoms with van der Waals surface area (Å²) in [5, 5.41) is 3.44. The summed E-state index contributed by atoms with van der Waals surface area (Å²) in [6.45, 7) is 13.7. The van der Waals surface area contributed by atoms with Gasteiger partial charge in [-0.15, -0.1) is 0 Å². The van der Waals surface area contributed by atoms with Crippen molar-refractivity contribution in [3.8, 4) is 0 Å². The third-order valence-corrected chi connectivity index (χ3v) is 2.22. The molecule has 14 heavy (non-hydrogen) atoms. The summed E-state index contributed by atoms with van der Waals surface area (Å²) < 4.78 is 5.59. The first-order valence-corrected chi connectivity index (χ1v) is 5.82. The zero-order chi connectivity index (χ0) is 11.0. The molecule has 0 aliphatic carbocycles. The van der Waals surface area contributed by atoms with Crippen LogP contribution >= 0.6 is 0 Å². The van der Waals surface area contributed by atoms with Gasteiger partial charge < -0.3 is 10.1 Å². The molecule has 0 aromatic rings. The predicted molar refractivity (Wildman–Crippen MR) is 62.6 cm³/mol. The summed E-state index contributed by atoms with van der Waals surface area (Å²) in [6.07, 6.45) is 2.57. The summed E-state index contributed by atoms with van der Waals surface area (Å²) in [4.78, 5) is 0. The van der Waals surface area contributed by atoms with E-state index in [4.69, 9.17) is 4.74 Å². The van der Waals surface area contributed by atoms with Crippen LogP contribution in [0.3, 0.4) is 0 Å². The third-order valence-electron chi connectivity index (χ3n) is 2.22. The van der Waals surface area contributed by atoms with Crippen molar-refractivity contribution in [2.45, 2.75) is 53.1 Å². The largest absolute Gasteiger partial charge is 0.375 e. The van der Waals surface area contributed by atoms with Crippen molar-refractivity contribution in [1.29, 1.82) is 0 Å². The average molecular weight is 201 g/mol. The zero-order valence-corrected chi connectivity index (χ0v) is 10.5. The molecular weight excluding hydrogens is 174 g/mol. The predicted octanol–water partition coefficient (Wildman–Crippen LogP) is 2.83. The average Bonchev–Trinajstić information content (AvgIpc) is 2.02. The first kappa shape index (κ1) is 13.9. The first-order chi connectivity index (χ1) is 6.48. The first-order valence-electron chi connectivity index (χ1n) is 5.82. The van der Waals surface area contributed by atoms with Crippen molar-refractivity contribution in [2.24, 2.45) is 5.92 Å². The standard InChI is InChI=1S/C12H27NO/c1-6-14-12(4,5)10-13-9-7-8-11(2)3/h11,13H,6-10H2,1-5H3. The van der Waals surface area contributed by atoms with Gasteiger partial charge in [-0.3, -0.25) is 0 Å². The van der Waals surface area contributed by atoms with Crippen molar-refractivity contribution in [3.05, 3.63) is 0 Å². The molecule has 0 rings (SSSR count). The Bertz CT molecular complexity index is 132. The van der Waals surface area contributed by atoms with Crippen LogP contribution in [-0.2, 0) is 4.74 Å². The fourth-order valence-corrected chi connectivity index (χ4v) is 1.47. The molecule has 0 spiro atoms. The highest BCUT2D eigenvalue weighted by atomic mass is 16.5. The van der Waals surface area contributed by atoms with Crippen molar-refractivity contribution in [1.82, 2.24) is 5.32 Å². The van der Waals surface area contributed by atoms with Crippen LogP contribution in [0, 0.1) is 5.92 Å². The van der Waals surface area contributed by atoms with Gasteiger partial charge in [0.05, 0.1) is 5.60 Å². The number of ether oxygens (including phenoxy) is 1. The van der Waals surface area contributed by atoms with Crippen LogP contribution in [-0.4, -0.2) is 25.3 Å². The number of hydrogen-bond donors (Lipinski definition) is 1. The monoisotopic (exact) mass is 201 g/mol. The van der Waals surface area contributed by atoms with Gasteiger partial charge in [-0.05, 0) is 46.1 Å². The minimum Gasteiger partial charge on any atom is -0.375 e. The fraction of sp³-hybridized carbons (Fsp3) is 1.00. The summed E-state index contributed by atoms with van der Waals surface area (Å²) in [6, 6.07) is 0. The molecule has 0 fully saturated rings. The highest BCUT2D eigenvalue weighted by Crippen LogP contribution is 2.07. The lowest BCUT2D eigenvalue weighted by atomic mass is 10.1. The Morgan fingerprint density at radius 3 is 2.43 bits per heavy atom. The molecule has 0 bridgehead atoms. The Kier molecular flexibility index (Phi) is 7.20. The summed E-state index contributed by atoms with van der Waals surface area (Å²) in [5.74, 6) is 0.816. The van der Waals surface area contributed by atoms with Crippen molar-refractivity contribution >= 4 is 0 Å². The second-order valence-electron chi connectivity index (χ2n) is 4.91. The quantitative estimate of drug-likeness (QED) is 0.610. The number of hydrogen-bond acceptors (Lipinski definition) is 2. The molecule has 0 radical (unpaired) electrons. The highest BCUT2D eigenvalue weighted by molar-refractivity contribution is 4.71. The zero-order valence-electron chi connectivity index (χ0n) is 10.5. The molecule has 0 amide bonds. The topological polar surface area (TPSA) is 21.3 Å². The van der Waals surface area contributed by atoms with E-state index in [0.717, 1.165) is 25.6 Å². The Morgan fingerprint density at radius 2 is 1.93 bits per heavy atom. The molecular formula is C12H27NO. The summed E-state index contributed by atoms with van der Waals surface area (Å²) in [5.41, 5.74) is -0.0212. The molecule has 86 valence electrons. The van der Waals surface area contributed by atoms with Gasteiger partial charge in [-0.25, -0.2) is 0 Å². The van der Waals surface area contributed by atoms with Gasteiger partial charge in [0.15, 0.2) is 0 Å². The van der Waals surface area contributed by atoms with E-state index in [0.29, 0.717) is 0 Å². The van der Waals surface area contributed by atoms with E-state index in [1.807, 2.05) is 6.92 Å². The van der Waals surface area contributed by atoms with E-state index in [1.165, 1.54) is 12.8 Å². The number of rotatable bonds is 8. The molecule has 0 aliphatic rings. The van der Waals surface area contributed by atoms with Gasteiger partial charge in [0.2, 0.25) is 0 Å². The lowest BCUT2D eigenvalue weighted by molar-refractivity contribution is -0.00869. The molecule has 0 saturated heterocycles. The SMILES string of the molecule is CCOC(C)(C)CNCCCC(C)C. The van der Waals surface area contributed by atoms with Crippen molar-refractivity contribution in [2.75, 3.05) is 19.7 Å². The van der Waals surface area contributed by atoms with E-state index in [2.05, 4.69) is 33.0 Å². The van der Waals surface area contributed by atoms with Gasteiger partial charge in [0.1, 0.15) is 0 Å². The molecule has 1 N–H and O–H groups in total. The Labute approximate surface area is 89.4 Å². The van der Waals surface area contributed by atoms with E-state index in [9.17, 15) is 0 Å². The van der Waals surface area contributed by atoms with Crippen LogP contribution in [0.5, 0.6) is 0 Å². The molecule has 0 aliphatic heterocycles. The van der Waals surface area contributed by atoms with Crippen LogP contribution in [0.1, 0.15) is 47.5 Å². The highest BCUT2D eigenvalue weighted by Gasteiger charge is 2.16. The van der Waals surface area contributed by atoms with E-state index < -0.39 is 0 Å². The molecule has 2 nitrogen and oxygen atoms in total. The van der Waals surface area contributed by atoms with E-state index in [-0.39, 0.29) is 5.60 Å².